The van der Waals surface area contributed by atoms with Gasteiger partial charge in [0.15, 0.2) is 0 Å². The molecule has 0 atom stereocenters. The summed E-state index contributed by atoms with van der Waals surface area (Å²) in [7, 11) is 1.85. The highest BCUT2D eigenvalue weighted by Crippen LogP contribution is 2.12. The van der Waals surface area contributed by atoms with E-state index in [-0.39, 0.29) is 5.91 Å². The molecule has 0 aliphatic carbocycles. The molecule has 0 heterocycles. The van der Waals surface area contributed by atoms with Crippen LogP contribution in [0.25, 0.3) is 0 Å². The molecule has 0 aliphatic rings. The van der Waals surface area contributed by atoms with Crippen LogP contribution >= 0.6 is 15.9 Å². The van der Waals surface area contributed by atoms with E-state index in [0.29, 0.717) is 12.6 Å². The normalized spacial score (nSPS) is 10.7. The number of carbonyl (C=O) groups excluding carboxylic acids is 1. The molecule has 0 aliphatic heterocycles. The second kappa shape index (κ2) is 7.54. The van der Waals surface area contributed by atoms with Gasteiger partial charge in [-0.2, -0.15) is 0 Å². The average molecular weight is 313 g/mol. The van der Waals surface area contributed by atoms with Crippen LogP contribution < -0.4 is 5.32 Å². The van der Waals surface area contributed by atoms with Crippen molar-refractivity contribution in [2.45, 2.75) is 26.3 Å². The number of carbonyl (C=O) groups is 1. The number of amides is 1. The smallest absolute Gasteiger partial charge is 0.236 e. The van der Waals surface area contributed by atoms with Gasteiger partial charge >= 0.3 is 0 Å². The maximum Gasteiger partial charge on any atom is 0.236 e. The van der Waals surface area contributed by atoms with Crippen molar-refractivity contribution in [2.75, 3.05) is 20.1 Å². The first kappa shape index (κ1) is 15.2. The Balaban J connectivity index is 2.36. The zero-order valence-corrected chi connectivity index (χ0v) is 12.8. The van der Waals surface area contributed by atoms with E-state index in [9.17, 15) is 4.79 Å². The molecule has 100 valence electrons. The lowest BCUT2D eigenvalue weighted by Crippen LogP contribution is -2.38. The second-order valence-corrected chi connectivity index (χ2v) is 5.65. The van der Waals surface area contributed by atoms with Crippen molar-refractivity contribution >= 4 is 21.8 Å². The van der Waals surface area contributed by atoms with Crippen LogP contribution in [0.3, 0.4) is 0 Å². The summed E-state index contributed by atoms with van der Waals surface area (Å²) in [6, 6.07) is 8.53. The van der Waals surface area contributed by atoms with Crippen molar-refractivity contribution < 1.29 is 4.79 Å². The molecule has 0 saturated carbocycles. The third-order valence-corrected chi connectivity index (χ3v) is 3.21. The van der Waals surface area contributed by atoms with Gasteiger partial charge in [-0.1, -0.05) is 41.9 Å². The highest BCUT2D eigenvalue weighted by atomic mass is 79.9. The number of rotatable bonds is 6. The van der Waals surface area contributed by atoms with Gasteiger partial charge in [-0.3, -0.25) is 4.79 Å². The maximum atomic E-state index is 11.8. The number of nitrogens with zero attached hydrogens (tertiary/aromatic N) is 1. The van der Waals surface area contributed by atoms with Gasteiger partial charge in [0.05, 0.1) is 6.54 Å². The fourth-order valence-corrected chi connectivity index (χ4v) is 1.99. The Labute approximate surface area is 118 Å². The molecule has 3 nitrogen and oxygen atoms in total. The summed E-state index contributed by atoms with van der Waals surface area (Å²) in [5.74, 6) is 0.138. The van der Waals surface area contributed by atoms with Gasteiger partial charge in [0.25, 0.3) is 0 Å². The monoisotopic (exact) mass is 312 g/mol. The quantitative estimate of drug-likeness (QED) is 0.875. The van der Waals surface area contributed by atoms with Crippen LogP contribution in [-0.4, -0.2) is 37.0 Å². The summed E-state index contributed by atoms with van der Waals surface area (Å²) in [5, 5.41) is 3.13. The predicted molar refractivity (Wildman–Crippen MR) is 78.6 cm³/mol. The zero-order valence-electron chi connectivity index (χ0n) is 11.2. The molecule has 18 heavy (non-hydrogen) atoms. The SMILES string of the molecule is CC(C)NCC(=O)N(C)CCc1cccc(Br)c1. The molecule has 0 fully saturated rings. The highest BCUT2D eigenvalue weighted by molar-refractivity contribution is 9.10. The first-order chi connectivity index (χ1) is 8.49. The summed E-state index contributed by atoms with van der Waals surface area (Å²) in [4.78, 5) is 13.6. The minimum Gasteiger partial charge on any atom is -0.344 e. The summed E-state index contributed by atoms with van der Waals surface area (Å²) >= 11 is 3.45. The van der Waals surface area contributed by atoms with Crippen LogP contribution in [-0.2, 0) is 11.2 Å². The summed E-state index contributed by atoms with van der Waals surface area (Å²) < 4.78 is 1.08. The standard InChI is InChI=1S/C14H21BrN2O/c1-11(2)16-10-14(18)17(3)8-7-12-5-4-6-13(15)9-12/h4-6,9,11,16H,7-8,10H2,1-3H3. The van der Waals surface area contributed by atoms with Gasteiger partial charge < -0.3 is 10.2 Å². The first-order valence-electron chi connectivity index (χ1n) is 6.21. The van der Waals surface area contributed by atoms with Crippen LogP contribution in [0.15, 0.2) is 28.7 Å². The number of hydrogen-bond acceptors (Lipinski definition) is 2. The van der Waals surface area contributed by atoms with E-state index in [1.807, 2.05) is 33.0 Å². The van der Waals surface area contributed by atoms with Crippen LogP contribution in [0, 0.1) is 0 Å². The number of nitrogens with one attached hydrogen (secondary N) is 1. The molecule has 0 bridgehead atoms. The van der Waals surface area contributed by atoms with Gasteiger partial charge in [0.1, 0.15) is 0 Å². The minimum atomic E-state index is 0.138. The molecule has 4 heteroatoms. The molecule has 0 aromatic heterocycles. The van der Waals surface area contributed by atoms with Crippen molar-refractivity contribution in [1.82, 2.24) is 10.2 Å². The lowest BCUT2D eigenvalue weighted by atomic mass is 10.1. The fourth-order valence-electron chi connectivity index (χ4n) is 1.54. The zero-order chi connectivity index (χ0) is 13.5. The van der Waals surface area contributed by atoms with E-state index < -0.39 is 0 Å². The second-order valence-electron chi connectivity index (χ2n) is 4.73. The minimum absolute atomic E-state index is 0.138. The van der Waals surface area contributed by atoms with Gasteiger partial charge in [-0.05, 0) is 24.1 Å². The third-order valence-electron chi connectivity index (χ3n) is 2.71. The van der Waals surface area contributed by atoms with Gasteiger partial charge in [-0.15, -0.1) is 0 Å². The summed E-state index contributed by atoms with van der Waals surface area (Å²) in [6.45, 7) is 5.23. The predicted octanol–water partition coefficient (Wildman–Crippen LogP) is 2.45. The van der Waals surface area contributed by atoms with E-state index in [2.05, 4.69) is 33.4 Å². The number of likely N-dealkylation sites (N-methyl/N-ethyl adjacent to an activating group) is 1. The van der Waals surface area contributed by atoms with Gasteiger partial charge in [0.2, 0.25) is 5.91 Å². The Morgan fingerprint density at radius 3 is 2.78 bits per heavy atom. The van der Waals surface area contributed by atoms with Gasteiger partial charge in [-0.25, -0.2) is 0 Å². The average Bonchev–Trinajstić information content (AvgIpc) is 2.33. The molecule has 0 saturated heterocycles. The number of halogens is 1. The molecule has 1 N–H and O–H groups in total. The topological polar surface area (TPSA) is 32.3 Å². The Morgan fingerprint density at radius 1 is 1.44 bits per heavy atom. The molecule has 1 amide bonds. The van der Waals surface area contributed by atoms with Crippen LogP contribution in [0.5, 0.6) is 0 Å². The van der Waals surface area contributed by atoms with E-state index in [0.717, 1.165) is 17.4 Å². The van der Waals surface area contributed by atoms with Crippen molar-refractivity contribution in [2.24, 2.45) is 0 Å². The van der Waals surface area contributed by atoms with E-state index >= 15 is 0 Å². The lowest BCUT2D eigenvalue weighted by molar-refractivity contribution is -0.129. The van der Waals surface area contributed by atoms with Crippen molar-refractivity contribution in [3.05, 3.63) is 34.3 Å². The molecule has 1 aromatic rings. The molecule has 1 rings (SSSR count). The van der Waals surface area contributed by atoms with Crippen molar-refractivity contribution in [3.63, 3.8) is 0 Å². The van der Waals surface area contributed by atoms with Crippen LogP contribution in [0.4, 0.5) is 0 Å². The van der Waals surface area contributed by atoms with Crippen molar-refractivity contribution in [3.8, 4) is 0 Å². The summed E-state index contributed by atoms with van der Waals surface area (Å²) in [6.07, 6.45) is 0.878. The Morgan fingerprint density at radius 2 is 2.17 bits per heavy atom. The lowest BCUT2D eigenvalue weighted by Gasteiger charge is -2.18. The molecule has 0 unspecified atom stereocenters. The van der Waals surface area contributed by atoms with Crippen LogP contribution in [0.2, 0.25) is 0 Å². The number of benzene rings is 1. The Kier molecular flexibility index (Phi) is 6.36. The molecular formula is C14H21BrN2O. The number of hydrogen-bond donors (Lipinski definition) is 1. The molecule has 0 spiro atoms. The van der Waals surface area contributed by atoms with Crippen LogP contribution in [0.1, 0.15) is 19.4 Å². The van der Waals surface area contributed by atoms with E-state index in [1.165, 1.54) is 5.56 Å². The van der Waals surface area contributed by atoms with Gasteiger partial charge in [0, 0.05) is 24.1 Å². The van der Waals surface area contributed by atoms with Crippen molar-refractivity contribution in [1.29, 1.82) is 0 Å². The van der Waals surface area contributed by atoms with E-state index in [4.69, 9.17) is 0 Å². The Hall–Kier alpha value is -0.870. The maximum absolute atomic E-state index is 11.8. The molecule has 0 radical (unpaired) electrons. The Bertz CT molecular complexity index is 393. The first-order valence-corrected chi connectivity index (χ1v) is 7.00. The largest absolute Gasteiger partial charge is 0.344 e. The highest BCUT2D eigenvalue weighted by Gasteiger charge is 2.08. The van der Waals surface area contributed by atoms with E-state index in [1.54, 1.807) is 4.90 Å². The summed E-state index contributed by atoms with van der Waals surface area (Å²) in [5.41, 5.74) is 1.24. The third kappa shape index (κ3) is 5.65. The fraction of sp³-hybridized carbons (Fsp3) is 0.500. The molecular weight excluding hydrogens is 292 g/mol. The molecule has 1 aromatic carbocycles.